The van der Waals surface area contributed by atoms with Crippen LogP contribution in [0.15, 0.2) is 30.0 Å². The molecule has 1 aromatic rings. The highest BCUT2D eigenvalue weighted by Crippen LogP contribution is 2.28. The fourth-order valence-electron chi connectivity index (χ4n) is 2.77. The Morgan fingerprint density at radius 1 is 1.41 bits per heavy atom. The summed E-state index contributed by atoms with van der Waals surface area (Å²) in [5.74, 6) is 1.49. The van der Waals surface area contributed by atoms with Crippen LogP contribution >= 0.6 is 0 Å². The lowest BCUT2D eigenvalue weighted by molar-refractivity contribution is 0.421. The van der Waals surface area contributed by atoms with E-state index in [1.165, 1.54) is 18.5 Å². The fraction of sp³-hybridized carbons (Fsp3) is 0.533. The third-order valence-electron chi connectivity index (χ3n) is 3.47. The van der Waals surface area contributed by atoms with E-state index < -0.39 is 0 Å². The number of rotatable bonds is 3. The van der Waals surface area contributed by atoms with Gasteiger partial charge in [0, 0.05) is 12.7 Å². The summed E-state index contributed by atoms with van der Waals surface area (Å²) in [6.07, 6.45) is 6.78. The second kappa shape index (κ2) is 5.35. The van der Waals surface area contributed by atoms with Gasteiger partial charge in [-0.05, 0) is 50.7 Å². The molecule has 17 heavy (non-hydrogen) atoms. The second-order valence-corrected chi connectivity index (χ2v) is 5.31. The number of nitrogens with zero attached hydrogens (tertiary/aromatic N) is 1. The SMILES string of the molecule is CC1=CC(C)CC(CNc2cccnc2C)C1. The Kier molecular flexibility index (Phi) is 3.82. The molecule has 0 amide bonds. The standard InChI is InChI=1S/C15H22N2/c1-11-7-12(2)9-14(8-11)10-17-15-5-4-6-16-13(15)3/h4-7,11,14,17H,8-10H2,1-3H3. The maximum atomic E-state index is 4.30. The van der Waals surface area contributed by atoms with Crippen LogP contribution in [-0.4, -0.2) is 11.5 Å². The van der Waals surface area contributed by atoms with Crippen LogP contribution in [0.1, 0.15) is 32.4 Å². The van der Waals surface area contributed by atoms with Gasteiger partial charge in [-0.3, -0.25) is 4.98 Å². The van der Waals surface area contributed by atoms with Gasteiger partial charge in [-0.15, -0.1) is 0 Å². The van der Waals surface area contributed by atoms with Crippen LogP contribution in [-0.2, 0) is 0 Å². The van der Waals surface area contributed by atoms with Crippen molar-refractivity contribution < 1.29 is 0 Å². The minimum atomic E-state index is 0.727. The molecule has 1 aliphatic rings. The molecule has 0 radical (unpaired) electrons. The topological polar surface area (TPSA) is 24.9 Å². The molecule has 2 atom stereocenters. The molecule has 0 aliphatic heterocycles. The number of hydrogen-bond acceptors (Lipinski definition) is 2. The van der Waals surface area contributed by atoms with E-state index in [-0.39, 0.29) is 0 Å². The van der Waals surface area contributed by atoms with Crippen LogP contribution < -0.4 is 5.32 Å². The average molecular weight is 230 g/mol. The zero-order chi connectivity index (χ0) is 12.3. The molecule has 0 fully saturated rings. The first kappa shape index (κ1) is 12.2. The van der Waals surface area contributed by atoms with Crippen LogP contribution in [0.3, 0.4) is 0 Å². The molecule has 0 aromatic carbocycles. The number of pyridine rings is 1. The normalized spacial score (nSPS) is 24.3. The molecule has 0 saturated heterocycles. The molecule has 1 N–H and O–H groups in total. The smallest absolute Gasteiger partial charge is 0.0603 e. The first-order valence-corrected chi connectivity index (χ1v) is 6.48. The Morgan fingerprint density at radius 3 is 2.94 bits per heavy atom. The first-order chi connectivity index (χ1) is 8.15. The highest BCUT2D eigenvalue weighted by molar-refractivity contribution is 5.46. The number of nitrogens with one attached hydrogen (secondary N) is 1. The molecule has 0 bridgehead atoms. The Hall–Kier alpha value is -1.31. The summed E-state index contributed by atoms with van der Waals surface area (Å²) in [5.41, 5.74) is 3.80. The molecule has 92 valence electrons. The summed E-state index contributed by atoms with van der Waals surface area (Å²) < 4.78 is 0. The number of allylic oxidation sites excluding steroid dienone is 2. The minimum absolute atomic E-state index is 0.727. The van der Waals surface area contributed by atoms with Crippen molar-refractivity contribution in [2.24, 2.45) is 11.8 Å². The second-order valence-electron chi connectivity index (χ2n) is 5.31. The van der Waals surface area contributed by atoms with E-state index in [4.69, 9.17) is 0 Å². The number of anilines is 1. The lowest BCUT2D eigenvalue weighted by Gasteiger charge is -2.26. The molecule has 2 rings (SSSR count). The van der Waals surface area contributed by atoms with E-state index in [1.54, 1.807) is 5.57 Å². The van der Waals surface area contributed by atoms with Crippen molar-refractivity contribution in [3.8, 4) is 0 Å². The van der Waals surface area contributed by atoms with Gasteiger partial charge in [0.1, 0.15) is 0 Å². The van der Waals surface area contributed by atoms with Crippen LogP contribution in [0.5, 0.6) is 0 Å². The number of aromatic nitrogens is 1. The van der Waals surface area contributed by atoms with Crippen molar-refractivity contribution in [3.63, 3.8) is 0 Å². The van der Waals surface area contributed by atoms with E-state index in [0.29, 0.717) is 0 Å². The first-order valence-electron chi connectivity index (χ1n) is 6.48. The quantitative estimate of drug-likeness (QED) is 0.799. The molecule has 1 aromatic heterocycles. The van der Waals surface area contributed by atoms with Crippen molar-refractivity contribution in [3.05, 3.63) is 35.7 Å². The van der Waals surface area contributed by atoms with Crippen molar-refractivity contribution >= 4 is 5.69 Å². The predicted octanol–water partition coefficient (Wildman–Crippen LogP) is 3.79. The fourth-order valence-corrected chi connectivity index (χ4v) is 2.77. The molecule has 2 nitrogen and oxygen atoms in total. The van der Waals surface area contributed by atoms with E-state index in [1.807, 2.05) is 12.3 Å². The van der Waals surface area contributed by atoms with Gasteiger partial charge in [-0.1, -0.05) is 18.6 Å². The van der Waals surface area contributed by atoms with Crippen LogP contribution in [0.2, 0.25) is 0 Å². The molecular weight excluding hydrogens is 208 g/mol. The largest absolute Gasteiger partial charge is 0.383 e. The maximum Gasteiger partial charge on any atom is 0.0603 e. The Labute approximate surface area is 104 Å². The van der Waals surface area contributed by atoms with Gasteiger partial charge in [0.15, 0.2) is 0 Å². The van der Waals surface area contributed by atoms with Crippen molar-refractivity contribution in [1.29, 1.82) is 0 Å². The van der Waals surface area contributed by atoms with E-state index in [0.717, 1.165) is 24.1 Å². The molecule has 2 unspecified atom stereocenters. The Morgan fingerprint density at radius 2 is 2.24 bits per heavy atom. The highest BCUT2D eigenvalue weighted by Gasteiger charge is 2.17. The zero-order valence-corrected chi connectivity index (χ0v) is 11.0. The Bertz CT molecular complexity index is 409. The van der Waals surface area contributed by atoms with Gasteiger partial charge in [0.25, 0.3) is 0 Å². The van der Waals surface area contributed by atoms with Gasteiger partial charge >= 0.3 is 0 Å². The average Bonchev–Trinajstić information content (AvgIpc) is 2.27. The lowest BCUT2D eigenvalue weighted by Crippen LogP contribution is -2.20. The predicted molar refractivity (Wildman–Crippen MR) is 73.1 cm³/mol. The van der Waals surface area contributed by atoms with Gasteiger partial charge in [0.2, 0.25) is 0 Å². The van der Waals surface area contributed by atoms with E-state index in [2.05, 4.69) is 43.2 Å². The molecule has 1 aliphatic carbocycles. The number of hydrogen-bond donors (Lipinski definition) is 1. The number of aryl methyl sites for hydroxylation is 1. The summed E-state index contributed by atoms with van der Waals surface area (Å²) in [5, 5.41) is 3.53. The molecule has 0 saturated carbocycles. The van der Waals surface area contributed by atoms with Crippen molar-refractivity contribution in [2.75, 3.05) is 11.9 Å². The van der Waals surface area contributed by atoms with Crippen LogP contribution in [0, 0.1) is 18.8 Å². The van der Waals surface area contributed by atoms with E-state index in [9.17, 15) is 0 Å². The van der Waals surface area contributed by atoms with Crippen molar-refractivity contribution in [2.45, 2.75) is 33.6 Å². The summed E-state index contributed by atoms with van der Waals surface area (Å²) in [4.78, 5) is 4.30. The summed E-state index contributed by atoms with van der Waals surface area (Å²) in [6, 6.07) is 4.10. The van der Waals surface area contributed by atoms with Gasteiger partial charge in [-0.25, -0.2) is 0 Å². The maximum absolute atomic E-state index is 4.30. The molecule has 0 spiro atoms. The highest BCUT2D eigenvalue weighted by atomic mass is 14.9. The van der Waals surface area contributed by atoms with Gasteiger partial charge < -0.3 is 5.32 Å². The van der Waals surface area contributed by atoms with E-state index >= 15 is 0 Å². The van der Waals surface area contributed by atoms with Crippen LogP contribution in [0.4, 0.5) is 5.69 Å². The molecule has 2 heteroatoms. The summed E-state index contributed by atoms with van der Waals surface area (Å²) >= 11 is 0. The molecular formula is C15H22N2. The Balaban J connectivity index is 1.91. The third-order valence-corrected chi connectivity index (χ3v) is 3.47. The summed E-state index contributed by atoms with van der Waals surface area (Å²) in [7, 11) is 0. The van der Waals surface area contributed by atoms with Gasteiger partial charge in [-0.2, -0.15) is 0 Å². The summed E-state index contributed by atoms with van der Waals surface area (Å²) in [6.45, 7) is 7.67. The minimum Gasteiger partial charge on any atom is -0.383 e. The zero-order valence-electron chi connectivity index (χ0n) is 11.0. The van der Waals surface area contributed by atoms with Crippen molar-refractivity contribution in [1.82, 2.24) is 4.98 Å². The lowest BCUT2D eigenvalue weighted by atomic mass is 9.84. The molecule has 1 heterocycles. The van der Waals surface area contributed by atoms with Gasteiger partial charge in [0.05, 0.1) is 11.4 Å². The third kappa shape index (κ3) is 3.32. The monoisotopic (exact) mass is 230 g/mol. The van der Waals surface area contributed by atoms with Crippen LogP contribution in [0.25, 0.3) is 0 Å².